The van der Waals surface area contributed by atoms with E-state index in [9.17, 15) is 0 Å². The Labute approximate surface area is 356 Å². The Morgan fingerprint density at radius 1 is 0.361 bits per heavy atom. The summed E-state index contributed by atoms with van der Waals surface area (Å²) in [6.45, 7) is 4.70. The molecule has 0 fully saturated rings. The van der Waals surface area contributed by atoms with Crippen LogP contribution in [0.15, 0.2) is 218 Å². The highest BCUT2D eigenvalue weighted by molar-refractivity contribution is 6.12. The molecule has 12 rings (SSSR count). The number of rotatable bonds is 6. The first-order chi connectivity index (χ1) is 30.0. The molecule has 0 aliphatic heterocycles. The van der Waals surface area contributed by atoms with Gasteiger partial charge in [-0.1, -0.05) is 172 Å². The lowest BCUT2D eigenvalue weighted by molar-refractivity contribution is 0.660. The maximum absolute atomic E-state index is 2.40. The third kappa shape index (κ3) is 5.49. The predicted molar refractivity (Wildman–Crippen MR) is 259 cm³/mol. The molecule has 1 aliphatic carbocycles. The lowest BCUT2D eigenvalue weighted by Crippen LogP contribution is -2.14. The van der Waals surface area contributed by atoms with Gasteiger partial charge in [-0.15, -0.1) is 0 Å². The largest absolute Gasteiger partial charge is 0.310 e. The summed E-state index contributed by atoms with van der Waals surface area (Å²) < 4.78 is 2.39. The van der Waals surface area contributed by atoms with Gasteiger partial charge in [-0.25, -0.2) is 0 Å². The topological polar surface area (TPSA) is 8.17 Å². The van der Waals surface area contributed by atoms with Crippen LogP contribution in [-0.2, 0) is 5.41 Å². The number of aromatic nitrogens is 1. The lowest BCUT2D eigenvalue weighted by atomic mass is 9.82. The molecule has 0 spiro atoms. The van der Waals surface area contributed by atoms with Crippen molar-refractivity contribution in [2.24, 2.45) is 0 Å². The van der Waals surface area contributed by atoms with Crippen molar-refractivity contribution in [2.45, 2.75) is 19.3 Å². The van der Waals surface area contributed by atoms with E-state index in [0.29, 0.717) is 0 Å². The first-order valence-electron chi connectivity index (χ1n) is 21.3. The Kier molecular flexibility index (Phi) is 7.92. The van der Waals surface area contributed by atoms with Crippen LogP contribution in [0.1, 0.15) is 25.0 Å². The molecular weight excluding hydrogens is 737 g/mol. The van der Waals surface area contributed by atoms with Crippen molar-refractivity contribution < 1.29 is 0 Å². The lowest BCUT2D eigenvalue weighted by Gasteiger charge is -2.27. The Morgan fingerprint density at radius 3 is 1.70 bits per heavy atom. The molecule has 11 aromatic rings. The van der Waals surface area contributed by atoms with Crippen LogP contribution in [0.2, 0.25) is 0 Å². The van der Waals surface area contributed by atoms with Gasteiger partial charge < -0.3 is 9.47 Å². The third-order valence-electron chi connectivity index (χ3n) is 13.2. The zero-order chi connectivity index (χ0) is 40.7. The van der Waals surface area contributed by atoms with Crippen molar-refractivity contribution in [3.05, 3.63) is 230 Å². The van der Waals surface area contributed by atoms with Gasteiger partial charge in [0.15, 0.2) is 0 Å². The molecule has 0 bridgehead atoms. The molecule has 0 amide bonds. The molecule has 1 heterocycles. The average molecular weight is 779 g/mol. The van der Waals surface area contributed by atoms with E-state index in [0.717, 1.165) is 22.7 Å². The number of hydrogen-bond acceptors (Lipinski definition) is 1. The fourth-order valence-corrected chi connectivity index (χ4v) is 10.3. The monoisotopic (exact) mass is 778 g/mol. The summed E-state index contributed by atoms with van der Waals surface area (Å²) in [6.07, 6.45) is 0. The fourth-order valence-electron chi connectivity index (χ4n) is 10.3. The molecular formula is C59H42N2. The van der Waals surface area contributed by atoms with E-state index in [1.54, 1.807) is 0 Å². The molecule has 10 aromatic carbocycles. The minimum Gasteiger partial charge on any atom is -0.310 e. The van der Waals surface area contributed by atoms with Gasteiger partial charge in [-0.3, -0.25) is 0 Å². The van der Waals surface area contributed by atoms with E-state index < -0.39 is 0 Å². The van der Waals surface area contributed by atoms with Crippen LogP contribution < -0.4 is 4.90 Å². The normalized spacial score (nSPS) is 12.9. The van der Waals surface area contributed by atoms with Crippen LogP contribution in [0.5, 0.6) is 0 Å². The number of anilines is 3. The van der Waals surface area contributed by atoms with Gasteiger partial charge in [-0.05, 0) is 127 Å². The van der Waals surface area contributed by atoms with E-state index in [2.05, 4.69) is 242 Å². The molecule has 0 saturated heterocycles. The summed E-state index contributed by atoms with van der Waals surface area (Å²) in [5.41, 5.74) is 17.2. The van der Waals surface area contributed by atoms with Crippen molar-refractivity contribution in [3.63, 3.8) is 0 Å². The van der Waals surface area contributed by atoms with Gasteiger partial charge in [0.2, 0.25) is 0 Å². The summed E-state index contributed by atoms with van der Waals surface area (Å²) in [5.74, 6) is 0. The van der Waals surface area contributed by atoms with Crippen LogP contribution in [-0.4, -0.2) is 4.57 Å². The summed E-state index contributed by atoms with van der Waals surface area (Å²) >= 11 is 0. The molecule has 0 unspecified atom stereocenters. The number of para-hydroxylation sites is 2. The average Bonchev–Trinajstić information content (AvgIpc) is 3.78. The molecule has 0 saturated carbocycles. The first-order valence-corrected chi connectivity index (χ1v) is 21.3. The number of hydrogen-bond donors (Lipinski definition) is 0. The second kappa shape index (κ2) is 13.7. The highest BCUT2D eigenvalue weighted by atomic mass is 15.1. The van der Waals surface area contributed by atoms with Crippen LogP contribution in [0.25, 0.3) is 82.4 Å². The number of nitrogens with zero attached hydrogens (tertiary/aromatic N) is 2. The Morgan fingerprint density at radius 2 is 0.934 bits per heavy atom. The third-order valence-corrected chi connectivity index (χ3v) is 13.2. The molecule has 61 heavy (non-hydrogen) atoms. The van der Waals surface area contributed by atoms with Crippen LogP contribution in [0, 0.1) is 0 Å². The second-order valence-corrected chi connectivity index (χ2v) is 16.9. The maximum atomic E-state index is 2.40. The molecule has 0 radical (unpaired) electrons. The van der Waals surface area contributed by atoms with Gasteiger partial charge in [0.05, 0.1) is 11.0 Å². The highest BCUT2D eigenvalue weighted by Crippen LogP contribution is 2.52. The number of fused-ring (bicyclic) bond motifs is 9. The standard InChI is InChI=1S/C59H42N2/c1-59(2)54-24-8-5-20-53(54)58-48(22-13-25-55(58)59)40-28-31-42(32-29-40)60(43-33-35-44(36-34-43)61-56-26-9-6-18-51(56)52-19-7-10-27-57(52)61)45-16-11-15-41(38-45)47-21-12-23-49-46-17-4-3-14-39(46)30-37-50(47)49/h3-38H,1-2H3. The summed E-state index contributed by atoms with van der Waals surface area (Å²) in [7, 11) is 0. The van der Waals surface area contributed by atoms with Crippen LogP contribution in [0.4, 0.5) is 17.1 Å². The van der Waals surface area contributed by atoms with Gasteiger partial charge in [-0.2, -0.15) is 0 Å². The van der Waals surface area contributed by atoms with E-state index in [-0.39, 0.29) is 5.41 Å². The zero-order valence-electron chi connectivity index (χ0n) is 34.2. The first kappa shape index (κ1) is 35.3. The van der Waals surface area contributed by atoms with Crippen molar-refractivity contribution in [1.82, 2.24) is 4.57 Å². The van der Waals surface area contributed by atoms with Crippen molar-refractivity contribution in [2.75, 3.05) is 4.90 Å². The smallest absolute Gasteiger partial charge is 0.0541 e. The highest BCUT2D eigenvalue weighted by Gasteiger charge is 2.36. The molecule has 0 atom stereocenters. The molecule has 2 nitrogen and oxygen atoms in total. The molecule has 1 aliphatic rings. The van der Waals surface area contributed by atoms with Gasteiger partial charge in [0.1, 0.15) is 0 Å². The van der Waals surface area contributed by atoms with Crippen molar-refractivity contribution >= 4 is 60.4 Å². The van der Waals surface area contributed by atoms with E-state index in [1.165, 1.54) is 87.9 Å². The Hall–Kier alpha value is -7.68. The Bertz CT molecular complexity index is 3440. The molecule has 1 aromatic heterocycles. The van der Waals surface area contributed by atoms with Crippen LogP contribution in [0.3, 0.4) is 0 Å². The fraction of sp³-hybridized carbons (Fsp3) is 0.0508. The molecule has 288 valence electrons. The van der Waals surface area contributed by atoms with Gasteiger partial charge in [0.25, 0.3) is 0 Å². The summed E-state index contributed by atoms with van der Waals surface area (Å²) in [4.78, 5) is 2.40. The van der Waals surface area contributed by atoms with Gasteiger partial charge in [0, 0.05) is 38.9 Å². The predicted octanol–water partition coefficient (Wildman–Crippen LogP) is 16.2. The minimum atomic E-state index is -0.0493. The molecule has 0 N–H and O–H groups in total. The van der Waals surface area contributed by atoms with E-state index >= 15 is 0 Å². The Balaban J connectivity index is 1.000. The van der Waals surface area contributed by atoms with Crippen molar-refractivity contribution in [3.8, 4) is 39.1 Å². The molecule has 2 heteroatoms. The SMILES string of the molecule is CC1(C)c2ccccc2-c2c(-c3ccc(N(c4ccc(-n5c6ccccc6c6ccccc65)cc4)c4cccc(-c5cccc6c5ccc5ccccc56)c4)cc3)cccc21. The summed E-state index contributed by atoms with van der Waals surface area (Å²) in [5, 5.41) is 7.58. The van der Waals surface area contributed by atoms with Gasteiger partial charge >= 0.3 is 0 Å². The zero-order valence-corrected chi connectivity index (χ0v) is 34.2. The maximum Gasteiger partial charge on any atom is 0.0541 e. The van der Waals surface area contributed by atoms with E-state index in [1.807, 2.05) is 0 Å². The quantitative estimate of drug-likeness (QED) is 0.153. The number of benzene rings is 10. The second-order valence-electron chi connectivity index (χ2n) is 16.9. The van der Waals surface area contributed by atoms with Crippen LogP contribution >= 0.6 is 0 Å². The summed E-state index contributed by atoms with van der Waals surface area (Å²) in [6, 6.07) is 80.4. The van der Waals surface area contributed by atoms with E-state index in [4.69, 9.17) is 0 Å². The minimum absolute atomic E-state index is 0.0493. The van der Waals surface area contributed by atoms with Crippen molar-refractivity contribution in [1.29, 1.82) is 0 Å².